The molecule has 1 aromatic carbocycles. The number of terminal acetylenes is 1. The summed E-state index contributed by atoms with van der Waals surface area (Å²) in [5.41, 5.74) is -0.121. The van der Waals surface area contributed by atoms with E-state index in [1.165, 1.54) is 6.08 Å². The van der Waals surface area contributed by atoms with Crippen LogP contribution in [0.5, 0.6) is 0 Å². The molecular formula is C26H35N3O7. The number of nitrogens with zero attached hydrogens (tertiary/aromatic N) is 1. The fourth-order valence-corrected chi connectivity index (χ4v) is 3.23. The highest BCUT2D eigenvalue weighted by Gasteiger charge is 2.36. The van der Waals surface area contributed by atoms with Crippen molar-refractivity contribution >= 4 is 23.9 Å². The Bertz CT molecular complexity index is 978. The first-order chi connectivity index (χ1) is 17.0. The highest BCUT2D eigenvalue weighted by atomic mass is 16.6. The molecule has 3 N–H and O–H groups in total. The molecule has 0 spiro atoms. The third-order valence-electron chi connectivity index (χ3n) is 4.69. The first-order valence-corrected chi connectivity index (χ1v) is 11.5. The van der Waals surface area contributed by atoms with Crippen LogP contribution >= 0.6 is 0 Å². The lowest BCUT2D eigenvalue weighted by atomic mass is 9.97. The summed E-state index contributed by atoms with van der Waals surface area (Å²) in [5.74, 6) is 0.633. The van der Waals surface area contributed by atoms with Crippen molar-refractivity contribution in [1.82, 2.24) is 15.5 Å². The van der Waals surface area contributed by atoms with Crippen LogP contribution in [0.4, 0.5) is 4.79 Å². The molecule has 36 heavy (non-hydrogen) atoms. The molecule has 0 radical (unpaired) electrons. The van der Waals surface area contributed by atoms with Crippen LogP contribution in [0, 0.1) is 12.3 Å². The number of alkyl carbamates (subject to hydrolysis) is 1. The number of esters is 1. The minimum absolute atomic E-state index is 0.0396. The Kier molecular flexibility index (Phi) is 12.2. The summed E-state index contributed by atoms with van der Waals surface area (Å²) >= 11 is 0. The van der Waals surface area contributed by atoms with Gasteiger partial charge in [-0.05, 0) is 39.3 Å². The molecule has 196 valence electrons. The zero-order valence-electron chi connectivity index (χ0n) is 21.2. The second-order valence-electron chi connectivity index (χ2n) is 8.64. The lowest BCUT2D eigenvalue weighted by molar-refractivity contribution is -0.144. The molecule has 0 aromatic heterocycles. The summed E-state index contributed by atoms with van der Waals surface area (Å²) < 4.78 is 10.1. The first-order valence-electron chi connectivity index (χ1n) is 11.5. The van der Waals surface area contributed by atoms with E-state index >= 15 is 0 Å². The van der Waals surface area contributed by atoms with E-state index in [0.29, 0.717) is 11.1 Å². The van der Waals surface area contributed by atoms with Crippen LogP contribution in [0.15, 0.2) is 36.9 Å². The van der Waals surface area contributed by atoms with Gasteiger partial charge < -0.3 is 30.1 Å². The third-order valence-corrected chi connectivity index (χ3v) is 4.69. The molecule has 1 rings (SSSR count). The molecule has 10 nitrogen and oxygen atoms in total. The third kappa shape index (κ3) is 9.43. The molecule has 0 saturated carbocycles. The van der Waals surface area contributed by atoms with E-state index in [0.717, 1.165) is 4.90 Å². The number of aliphatic hydroxyl groups excluding tert-OH is 1. The van der Waals surface area contributed by atoms with Gasteiger partial charge in [-0.15, -0.1) is 13.0 Å². The topological polar surface area (TPSA) is 134 Å². The Hall–Kier alpha value is -3.84. The number of carbonyl (C=O) groups is 4. The Morgan fingerprint density at radius 2 is 1.92 bits per heavy atom. The quantitative estimate of drug-likeness (QED) is 0.225. The molecule has 1 aromatic rings. The predicted molar refractivity (Wildman–Crippen MR) is 134 cm³/mol. The molecule has 0 aliphatic carbocycles. The molecule has 0 saturated heterocycles. The second kappa shape index (κ2) is 14.5. The number of rotatable bonds is 12. The highest BCUT2D eigenvalue weighted by Crippen LogP contribution is 2.25. The van der Waals surface area contributed by atoms with E-state index in [9.17, 15) is 24.3 Å². The van der Waals surface area contributed by atoms with Gasteiger partial charge in [-0.1, -0.05) is 30.2 Å². The Morgan fingerprint density at radius 3 is 2.47 bits per heavy atom. The van der Waals surface area contributed by atoms with Gasteiger partial charge in [0.05, 0.1) is 19.6 Å². The van der Waals surface area contributed by atoms with Gasteiger partial charge in [-0.3, -0.25) is 14.4 Å². The monoisotopic (exact) mass is 501 g/mol. The summed E-state index contributed by atoms with van der Waals surface area (Å²) in [6.07, 6.45) is 6.06. The van der Waals surface area contributed by atoms with Crippen LogP contribution in [0.2, 0.25) is 0 Å². The smallest absolute Gasteiger partial charge is 0.408 e. The number of benzene rings is 1. The van der Waals surface area contributed by atoms with Gasteiger partial charge in [-0.25, -0.2) is 4.79 Å². The molecule has 0 fully saturated rings. The lowest BCUT2D eigenvalue weighted by Crippen LogP contribution is -2.54. The fourth-order valence-electron chi connectivity index (χ4n) is 3.23. The van der Waals surface area contributed by atoms with Gasteiger partial charge in [0, 0.05) is 18.7 Å². The SMILES string of the molecule is C#Cc1ccccc1C(C(=O)NCCC(=O)OCC)N(CC=C)C(=O)C(CO)NC(=O)OC(C)(C)C. The number of carbonyl (C=O) groups excluding carboxylic acids is 4. The molecule has 3 amide bonds. The minimum atomic E-state index is -1.41. The molecule has 0 bridgehead atoms. The normalized spacial score (nSPS) is 12.3. The zero-order valence-corrected chi connectivity index (χ0v) is 21.2. The average Bonchev–Trinajstić information content (AvgIpc) is 2.81. The van der Waals surface area contributed by atoms with Gasteiger partial charge in [0.15, 0.2) is 0 Å². The van der Waals surface area contributed by atoms with Gasteiger partial charge in [-0.2, -0.15) is 0 Å². The van der Waals surface area contributed by atoms with E-state index in [4.69, 9.17) is 15.9 Å². The predicted octanol–water partition coefficient (Wildman–Crippen LogP) is 1.68. The Labute approximate surface area is 212 Å². The van der Waals surface area contributed by atoms with E-state index in [1.807, 2.05) is 0 Å². The van der Waals surface area contributed by atoms with Crippen LogP contribution < -0.4 is 10.6 Å². The van der Waals surface area contributed by atoms with Crippen LogP contribution in [-0.4, -0.2) is 71.8 Å². The molecule has 0 aliphatic rings. The van der Waals surface area contributed by atoms with Crippen LogP contribution in [0.1, 0.15) is 51.3 Å². The van der Waals surface area contributed by atoms with Crippen molar-refractivity contribution in [2.45, 2.75) is 51.8 Å². The molecule has 10 heteroatoms. The van der Waals surface area contributed by atoms with Gasteiger partial charge in [0.1, 0.15) is 17.7 Å². The number of nitrogens with one attached hydrogen (secondary N) is 2. The molecule has 2 atom stereocenters. The number of aliphatic hydroxyl groups is 1. The summed E-state index contributed by atoms with van der Waals surface area (Å²) in [6, 6.07) is 3.91. The summed E-state index contributed by atoms with van der Waals surface area (Å²) in [7, 11) is 0. The Morgan fingerprint density at radius 1 is 1.25 bits per heavy atom. The van der Waals surface area contributed by atoms with Crippen molar-refractivity contribution in [3.05, 3.63) is 48.0 Å². The van der Waals surface area contributed by atoms with Crippen LogP contribution in [-0.2, 0) is 23.9 Å². The molecule has 2 unspecified atom stereocenters. The number of hydrogen-bond donors (Lipinski definition) is 3. The molecule has 0 aliphatic heterocycles. The van der Waals surface area contributed by atoms with Gasteiger partial charge in [0.2, 0.25) is 11.8 Å². The largest absolute Gasteiger partial charge is 0.466 e. The number of hydrogen-bond acceptors (Lipinski definition) is 7. The van der Waals surface area contributed by atoms with E-state index in [2.05, 4.69) is 23.1 Å². The van der Waals surface area contributed by atoms with E-state index < -0.39 is 48.2 Å². The summed E-state index contributed by atoms with van der Waals surface area (Å²) in [4.78, 5) is 51.9. The number of amides is 3. The molecular weight excluding hydrogens is 466 g/mol. The summed E-state index contributed by atoms with van der Waals surface area (Å²) in [5, 5.41) is 14.8. The van der Waals surface area contributed by atoms with E-state index in [-0.39, 0.29) is 26.1 Å². The maximum absolute atomic E-state index is 13.5. The minimum Gasteiger partial charge on any atom is -0.466 e. The Balaban J connectivity index is 3.34. The van der Waals surface area contributed by atoms with Crippen molar-refractivity contribution in [2.24, 2.45) is 0 Å². The standard InChI is InChI=1S/C26H35N3O7/c1-7-16-29(24(33)20(17-30)28-25(34)36-26(4,5)6)22(19-13-11-10-12-18(19)8-2)23(32)27-15-14-21(31)35-9-3/h2,7,10-13,20,22,30H,1,9,14-17H2,3-6H3,(H,27,32)(H,28,34). The first kappa shape index (κ1) is 30.2. The average molecular weight is 502 g/mol. The van der Waals surface area contributed by atoms with Crippen molar-refractivity contribution in [2.75, 3.05) is 26.3 Å². The van der Waals surface area contributed by atoms with E-state index in [1.54, 1.807) is 52.0 Å². The van der Waals surface area contributed by atoms with Crippen molar-refractivity contribution in [1.29, 1.82) is 0 Å². The zero-order chi connectivity index (χ0) is 27.3. The van der Waals surface area contributed by atoms with Crippen LogP contribution in [0.25, 0.3) is 0 Å². The summed E-state index contributed by atoms with van der Waals surface area (Å²) in [6.45, 7) is 9.60. The maximum Gasteiger partial charge on any atom is 0.408 e. The van der Waals surface area contributed by atoms with Crippen molar-refractivity contribution < 1.29 is 33.8 Å². The lowest BCUT2D eigenvalue weighted by Gasteiger charge is -2.33. The number of ether oxygens (including phenoxy) is 2. The van der Waals surface area contributed by atoms with Gasteiger partial charge >= 0.3 is 12.1 Å². The van der Waals surface area contributed by atoms with Crippen LogP contribution in [0.3, 0.4) is 0 Å². The van der Waals surface area contributed by atoms with Crippen molar-refractivity contribution in [3.8, 4) is 12.3 Å². The molecule has 0 heterocycles. The maximum atomic E-state index is 13.5. The van der Waals surface area contributed by atoms with Crippen molar-refractivity contribution in [3.63, 3.8) is 0 Å². The van der Waals surface area contributed by atoms with Gasteiger partial charge in [0.25, 0.3) is 0 Å². The highest BCUT2D eigenvalue weighted by molar-refractivity contribution is 5.92. The fraction of sp³-hybridized carbons (Fsp3) is 0.462. The second-order valence-corrected chi connectivity index (χ2v) is 8.64.